The Bertz CT molecular complexity index is 733. The Balaban J connectivity index is 2.28. The SMILES string of the molecule is COc1ccc(Cl)cc1CS(=O)(=O)Cc1c(C)noc1C. The zero-order valence-electron chi connectivity index (χ0n) is 12.0. The van der Waals surface area contributed by atoms with Gasteiger partial charge < -0.3 is 9.26 Å². The first-order valence-corrected chi connectivity index (χ1v) is 8.47. The predicted octanol–water partition coefficient (Wildman–Crippen LogP) is 3.07. The number of ether oxygens (including phenoxy) is 1. The molecular formula is C14H16ClNO4S. The lowest BCUT2D eigenvalue weighted by atomic mass is 10.2. The van der Waals surface area contributed by atoms with Gasteiger partial charge in [0.25, 0.3) is 0 Å². The van der Waals surface area contributed by atoms with Crippen molar-refractivity contribution in [3.63, 3.8) is 0 Å². The zero-order valence-corrected chi connectivity index (χ0v) is 13.6. The van der Waals surface area contributed by atoms with Gasteiger partial charge in [0, 0.05) is 16.1 Å². The number of rotatable bonds is 5. The number of hydrogen-bond acceptors (Lipinski definition) is 5. The fourth-order valence-electron chi connectivity index (χ4n) is 2.08. The van der Waals surface area contributed by atoms with Crippen molar-refractivity contribution in [1.29, 1.82) is 0 Å². The van der Waals surface area contributed by atoms with Gasteiger partial charge in [0.1, 0.15) is 11.5 Å². The monoisotopic (exact) mass is 329 g/mol. The van der Waals surface area contributed by atoms with Crippen molar-refractivity contribution in [2.45, 2.75) is 25.4 Å². The second-order valence-electron chi connectivity index (χ2n) is 4.79. The highest BCUT2D eigenvalue weighted by atomic mass is 35.5. The van der Waals surface area contributed by atoms with Gasteiger partial charge in [-0.05, 0) is 32.0 Å². The first-order chi connectivity index (χ1) is 9.82. The molecular weight excluding hydrogens is 314 g/mol. The third-order valence-electron chi connectivity index (χ3n) is 3.16. The first kappa shape index (κ1) is 15.9. The lowest BCUT2D eigenvalue weighted by molar-refractivity contribution is 0.392. The Morgan fingerprint density at radius 1 is 1.29 bits per heavy atom. The van der Waals surface area contributed by atoms with Crippen molar-refractivity contribution < 1.29 is 17.7 Å². The van der Waals surface area contributed by atoms with Crippen LogP contribution in [0.5, 0.6) is 5.75 Å². The molecule has 2 rings (SSSR count). The third kappa shape index (κ3) is 3.77. The number of benzene rings is 1. The van der Waals surface area contributed by atoms with E-state index < -0.39 is 9.84 Å². The van der Waals surface area contributed by atoms with Gasteiger partial charge in [0.15, 0.2) is 9.84 Å². The zero-order chi connectivity index (χ0) is 15.6. The van der Waals surface area contributed by atoms with E-state index in [2.05, 4.69) is 5.16 Å². The van der Waals surface area contributed by atoms with Crippen LogP contribution < -0.4 is 4.74 Å². The minimum absolute atomic E-state index is 0.121. The smallest absolute Gasteiger partial charge is 0.158 e. The molecule has 0 saturated heterocycles. The molecule has 114 valence electrons. The van der Waals surface area contributed by atoms with Crippen LogP contribution in [0, 0.1) is 13.8 Å². The predicted molar refractivity (Wildman–Crippen MR) is 80.3 cm³/mol. The van der Waals surface area contributed by atoms with Gasteiger partial charge in [0.05, 0.1) is 24.3 Å². The van der Waals surface area contributed by atoms with Crippen LogP contribution in [0.3, 0.4) is 0 Å². The summed E-state index contributed by atoms with van der Waals surface area (Å²) < 4.78 is 34.9. The van der Waals surface area contributed by atoms with Gasteiger partial charge in [-0.3, -0.25) is 0 Å². The van der Waals surface area contributed by atoms with E-state index in [-0.39, 0.29) is 11.5 Å². The van der Waals surface area contributed by atoms with Crippen LogP contribution in [0.25, 0.3) is 0 Å². The molecule has 1 aromatic heterocycles. The fourth-order valence-corrected chi connectivity index (χ4v) is 3.92. The van der Waals surface area contributed by atoms with Gasteiger partial charge in [-0.2, -0.15) is 0 Å². The van der Waals surface area contributed by atoms with Crippen molar-refractivity contribution >= 4 is 21.4 Å². The van der Waals surface area contributed by atoms with Crippen molar-refractivity contribution in [2.24, 2.45) is 0 Å². The van der Waals surface area contributed by atoms with Crippen molar-refractivity contribution in [1.82, 2.24) is 5.16 Å². The van der Waals surface area contributed by atoms with Crippen molar-refractivity contribution in [3.8, 4) is 5.75 Å². The second kappa shape index (κ2) is 6.07. The minimum Gasteiger partial charge on any atom is -0.496 e. The Morgan fingerprint density at radius 3 is 2.57 bits per heavy atom. The summed E-state index contributed by atoms with van der Waals surface area (Å²) in [7, 11) is -1.90. The summed E-state index contributed by atoms with van der Waals surface area (Å²) in [5, 5.41) is 4.24. The second-order valence-corrected chi connectivity index (χ2v) is 7.29. The lowest BCUT2D eigenvalue weighted by Gasteiger charge is -2.09. The highest BCUT2D eigenvalue weighted by Crippen LogP contribution is 2.26. The largest absolute Gasteiger partial charge is 0.496 e. The number of aromatic nitrogens is 1. The number of hydrogen-bond donors (Lipinski definition) is 0. The fraction of sp³-hybridized carbons (Fsp3) is 0.357. The molecule has 0 aliphatic rings. The summed E-state index contributed by atoms with van der Waals surface area (Å²) in [5.41, 5.74) is 1.74. The maximum absolute atomic E-state index is 12.4. The summed E-state index contributed by atoms with van der Waals surface area (Å²) in [6, 6.07) is 4.92. The van der Waals surface area contributed by atoms with E-state index in [1.165, 1.54) is 7.11 Å². The Kier molecular flexibility index (Phi) is 4.58. The molecule has 2 aromatic rings. The maximum Gasteiger partial charge on any atom is 0.158 e. The lowest BCUT2D eigenvalue weighted by Crippen LogP contribution is -2.09. The van der Waals surface area contributed by atoms with Crippen molar-refractivity contribution in [2.75, 3.05) is 7.11 Å². The molecule has 0 aliphatic heterocycles. The average Bonchev–Trinajstić information content (AvgIpc) is 2.70. The normalized spacial score (nSPS) is 11.6. The van der Waals surface area contributed by atoms with E-state index in [9.17, 15) is 8.42 Å². The van der Waals surface area contributed by atoms with E-state index in [1.807, 2.05) is 0 Å². The highest BCUT2D eigenvalue weighted by Gasteiger charge is 2.21. The Morgan fingerprint density at radius 2 is 2.00 bits per heavy atom. The van der Waals surface area contributed by atoms with Crippen LogP contribution in [0.1, 0.15) is 22.6 Å². The van der Waals surface area contributed by atoms with Gasteiger partial charge in [-0.25, -0.2) is 8.42 Å². The number of halogens is 1. The molecule has 1 aromatic carbocycles. The molecule has 0 bridgehead atoms. The van der Waals surface area contributed by atoms with Gasteiger partial charge >= 0.3 is 0 Å². The number of methoxy groups -OCH3 is 1. The molecule has 1 heterocycles. The Labute approximate surface area is 128 Å². The van der Waals surface area contributed by atoms with Gasteiger partial charge in [-0.1, -0.05) is 16.8 Å². The summed E-state index contributed by atoms with van der Waals surface area (Å²) in [4.78, 5) is 0. The van der Waals surface area contributed by atoms with E-state index in [4.69, 9.17) is 20.9 Å². The summed E-state index contributed by atoms with van der Waals surface area (Å²) in [5.74, 6) is 0.751. The molecule has 0 aliphatic carbocycles. The molecule has 0 atom stereocenters. The number of sulfone groups is 1. The molecule has 21 heavy (non-hydrogen) atoms. The quantitative estimate of drug-likeness (QED) is 0.843. The number of aryl methyl sites for hydroxylation is 2. The van der Waals surface area contributed by atoms with Crippen LogP contribution >= 0.6 is 11.6 Å². The highest BCUT2D eigenvalue weighted by molar-refractivity contribution is 7.89. The number of nitrogens with zero attached hydrogens (tertiary/aromatic N) is 1. The molecule has 7 heteroatoms. The molecule has 0 N–H and O–H groups in total. The molecule has 5 nitrogen and oxygen atoms in total. The summed E-state index contributed by atoms with van der Waals surface area (Å²) in [6.07, 6.45) is 0. The van der Waals surface area contributed by atoms with E-state index in [0.29, 0.717) is 33.4 Å². The van der Waals surface area contributed by atoms with Gasteiger partial charge in [-0.15, -0.1) is 0 Å². The maximum atomic E-state index is 12.4. The minimum atomic E-state index is -3.39. The molecule has 0 unspecified atom stereocenters. The molecule has 0 fully saturated rings. The van der Waals surface area contributed by atoms with Crippen LogP contribution in [-0.4, -0.2) is 20.7 Å². The summed E-state index contributed by atoms with van der Waals surface area (Å²) in [6.45, 7) is 3.42. The van der Waals surface area contributed by atoms with Crippen molar-refractivity contribution in [3.05, 3.63) is 45.8 Å². The molecule has 0 saturated carbocycles. The van der Waals surface area contributed by atoms with Crippen LogP contribution in [-0.2, 0) is 21.3 Å². The summed E-state index contributed by atoms with van der Waals surface area (Å²) >= 11 is 5.92. The van der Waals surface area contributed by atoms with E-state index >= 15 is 0 Å². The molecule has 0 spiro atoms. The topological polar surface area (TPSA) is 69.4 Å². The molecule has 0 amide bonds. The van der Waals surface area contributed by atoms with E-state index in [1.54, 1.807) is 32.0 Å². The third-order valence-corrected chi connectivity index (χ3v) is 4.88. The average molecular weight is 330 g/mol. The first-order valence-electron chi connectivity index (χ1n) is 6.27. The van der Waals surface area contributed by atoms with Crippen LogP contribution in [0.2, 0.25) is 5.02 Å². The molecule has 0 radical (unpaired) electrons. The van der Waals surface area contributed by atoms with Crippen LogP contribution in [0.15, 0.2) is 22.7 Å². The van der Waals surface area contributed by atoms with Crippen LogP contribution in [0.4, 0.5) is 0 Å². The van der Waals surface area contributed by atoms with Gasteiger partial charge in [0.2, 0.25) is 0 Å². The van der Waals surface area contributed by atoms with E-state index in [0.717, 1.165) is 0 Å². The standard InChI is InChI=1S/C14H16ClNO4S/c1-9-13(10(2)20-16-9)8-21(17,18)7-11-6-12(15)4-5-14(11)19-3/h4-6H,7-8H2,1-3H3. The Hall–Kier alpha value is -1.53.